The number of hydrogen-bond acceptors (Lipinski definition) is 3. The Bertz CT molecular complexity index is 487. The number of rotatable bonds is 3. The zero-order valence-electron chi connectivity index (χ0n) is 9.89. The molecule has 0 amide bonds. The van der Waals surface area contributed by atoms with E-state index in [1.165, 1.54) is 12.1 Å². The number of hydrogen-bond donors (Lipinski definition) is 0. The molecule has 18 heavy (non-hydrogen) atoms. The van der Waals surface area contributed by atoms with Crippen molar-refractivity contribution >= 4 is 23.1 Å². The quantitative estimate of drug-likeness (QED) is 0.621. The second-order valence-electron chi connectivity index (χ2n) is 4.65. The molecule has 0 radical (unpaired) electrons. The van der Waals surface area contributed by atoms with Crippen molar-refractivity contribution in [3.63, 3.8) is 0 Å². The van der Waals surface area contributed by atoms with Gasteiger partial charge in [-0.05, 0) is 24.8 Å². The van der Waals surface area contributed by atoms with Gasteiger partial charge in [0.1, 0.15) is 5.78 Å². The molecule has 0 bridgehead atoms. The number of ketones is 1. The summed E-state index contributed by atoms with van der Waals surface area (Å²) in [6.45, 7) is 0. The summed E-state index contributed by atoms with van der Waals surface area (Å²) in [7, 11) is 0. The maximum absolute atomic E-state index is 11.7. The van der Waals surface area contributed by atoms with Gasteiger partial charge >= 0.3 is 0 Å². The van der Waals surface area contributed by atoms with Crippen molar-refractivity contribution in [1.29, 1.82) is 0 Å². The van der Waals surface area contributed by atoms with E-state index < -0.39 is 4.92 Å². The zero-order chi connectivity index (χ0) is 13.1. The highest BCUT2D eigenvalue weighted by atomic mass is 35.5. The first-order valence-electron chi connectivity index (χ1n) is 6.03. The summed E-state index contributed by atoms with van der Waals surface area (Å²) in [6, 6.07) is 4.45. The van der Waals surface area contributed by atoms with Crippen LogP contribution in [-0.4, -0.2) is 10.7 Å². The Labute approximate surface area is 110 Å². The van der Waals surface area contributed by atoms with Gasteiger partial charge in [-0.2, -0.15) is 0 Å². The van der Waals surface area contributed by atoms with Crippen LogP contribution in [0.5, 0.6) is 0 Å². The van der Waals surface area contributed by atoms with Gasteiger partial charge in [0, 0.05) is 24.5 Å². The van der Waals surface area contributed by atoms with Gasteiger partial charge in [0.15, 0.2) is 0 Å². The molecule has 1 aliphatic rings. The summed E-state index contributed by atoms with van der Waals surface area (Å²) in [6.07, 6.45) is 4.18. The number of non-ortho nitro benzene ring substituents is 1. The average Bonchev–Trinajstić information content (AvgIpc) is 2.34. The smallest absolute Gasteiger partial charge is 0.270 e. The lowest BCUT2D eigenvalue weighted by Gasteiger charge is -2.20. The van der Waals surface area contributed by atoms with Crippen LogP contribution in [0.3, 0.4) is 0 Å². The molecular formula is C13H14ClNO3. The summed E-state index contributed by atoms with van der Waals surface area (Å²) < 4.78 is 0. The van der Waals surface area contributed by atoms with Crippen molar-refractivity contribution in [3.05, 3.63) is 38.9 Å². The van der Waals surface area contributed by atoms with E-state index in [2.05, 4.69) is 0 Å². The van der Waals surface area contributed by atoms with Crippen molar-refractivity contribution < 1.29 is 9.72 Å². The Kier molecular flexibility index (Phi) is 3.97. The monoisotopic (exact) mass is 267 g/mol. The SMILES string of the molecule is O=C1CCCCC1Cc1ccc([N+](=O)[O-])cc1Cl. The van der Waals surface area contributed by atoms with Gasteiger partial charge in [0.05, 0.1) is 9.95 Å². The lowest BCUT2D eigenvalue weighted by molar-refractivity contribution is -0.384. The van der Waals surface area contributed by atoms with Crippen LogP contribution in [0.15, 0.2) is 18.2 Å². The van der Waals surface area contributed by atoms with Crippen molar-refractivity contribution in [1.82, 2.24) is 0 Å². The first-order valence-corrected chi connectivity index (χ1v) is 6.41. The van der Waals surface area contributed by atoms with E-state index in [0.717, 1.165) is 24.8 Å². The van der Waals surface area contributed by atoms with Crippen LogP contribution in [0.4, 0.5) is 5.69 Å². The van der Waals surface area contributed by atoms with Crippen LogP contribution >= 0.6 is 11.6 Å². The third-order valence-corrected chi connectivity index (χ3v) is 3.75. The Morgan fingerprint density at radius 2 is 2.17 bits per heavy atom. The first kappa shape index (κ1) is 13.0. The molecule has 1 saturated carbocycles. The predicted octanol–water partition coefficient (Wildman–Crippen LogP) is 3.55. The molecule has 0 N–H and O–H groups in total. The normalized spacial score (nSPS) is 19.8. The molecule has 1 fully saturated rings. The molecule has 5 heteroatoms. The zero-order valence-corrected chi connectivity index (χ0v) is 10.7. The molecule has 0 aromatic heterocycles. The van der Waals surface area contributed by atoms with Crippen LogP contribution in [0, 0.1) is 16.0 Å². The summed E-state index contributed by atoms with van der Waals surface area (Å²) >= 11 is 6.02. The summed E-state index contributed by atoms with van der Waals surface area (Å²) in [5.74, 6) is 0.313. The number of benzene rings is 1. The van der Waals surface area contributed by atoms with Crippen molar-refractivity contribution in [2.24, 2.45) is 5.92 Å². The largest absolute Gasteiger partial charge is 0.299 e. The van der Waals surface area contributed by atoms with Gasteiger partial charge in [-0.15, -0.1) is 0 Å². The van der Waals surface area contributed by atoms with Crippen molar-refractivity contribution in [2.75, 3.05) is 0 Å². The number of nitrogens with zero attached hydrogens (tertiary/aromatic N) is 1. The highest BCUT2D eigenvalue weighted by molar-refractivity contribution is 6.31. The van der Waals surface area contributed by atoms with E-state index in [9.17, 15) is 14.9 Å². The van der Waals surface area contributed by atoms with Crippen LogP contribution < -0.4 is 0 Å². The van der Waals surface area contributed by atoms with Gasteiger partial charge in [0.2, 0.25) is 0 Å². The predicted molar refractivity (Wildman–Crippen MR) is 68.8 cm³/mol. The minimum Gasteiger partial charge on any atom is -0.299 e. The molecule has 0 aliphatic heterocycles. The summed E-state index contributed by atoms with van der Waals surface area (Å²) in [4.78, 5) is 21.9. The maximum atomic E-state index is 11.7. The third kappa shape index (κ3) is 2.88. The Morgan fingerprint density at radius 3 is 2.78 bits per heavy atom. The average molecular weight is 268 g/mol. The number of Topliss-reactive ketones (excluding diaryl/α,β-unsaturated/α-hetero) is 1. The Hall–Kier alpha value is -1.42. The van der Waals surface area contributed by atoms with Crippen LogP contribution in [-0.2, 0) is 11.2 Å². The van der Waals surface area contributed by atoms with E-state index in [-0.39, 0.29) is 17.4 Å². The van der Waals surface area contributed by atoms with Crippen molar-refractivity contribution in [3.8, 4) is 0 Å². The van der Waals surface area contributed by atoms with Crippen LogP contribution in [0.25, 0.3) is 0 Å². The minimum absolute atomic E-state index is 0.0151. The molecule has 0 heterocycles. The van der Waals surface area contributed by atoms with Gasteiger partial charge in [-0.25, -0.2) is 0 Å². The van der Waals surface area contributed by atoms with Gasteiger partial charge in [-0.1, -0.05) is 24.1 Å². The topological polar surface area (TPSA) is 60.2 Å². The lowest BCUT2D eigenvalue weighted by Crippen LogP contribution is -2.21. The van der Waals surface area contributed by atoms with Crippen LogP contribution in [0.2, 0.25) is 5.02 Å². The molecule has 4 nitrogen and oxygen atoms in total. The lowest BCUT2D eigenvalue weighted by atomic mass is 9.84. The Morgan fingerprint density at radius 1 is 1.39 bits per heavy atom. The van der Waals surface area contributed by atoms with Gasteiger partial charge < -0.3 is 0 Å². The second kappa shape index (κ2) is 5.48. The van der Waals surface area contributed by atoms with E-state index in [4.69, 9.17) is 11.6 Å². The number of nitro groups is 1. The minimum atomic E-state index is -0.471. The molecular weight excluding hydrogens is 254 g/mol. The van der Waals surface area contributed by atoms with E-state index >= 15 is 0 Å². The summed E-state index contributed by atoms with van der Waals surface area (Å²) in [5, 5.41) is 11.0. The molecule has 1 aliphatic carbocycles. The Balaban J connectivity index is 2.14. The first-order chi connectivity index (χ1) is 8.58. The highest BCUT2D eigenvalue weighted by Gasteiger charge is 2.23. The molecule has 2 rings (SSSR count). The number of halogens is 1. The number of carbonyl (C=O) groups is 1. The van der Waals surface area contributed by atoms with Crippen molar-refractivity contribution in [2.45, 2.75) is 32.1 Å². The molecule has 0 saturated heterocycles. The molecule has 96 valence electrons. The van der Waals surface area contributed by atoms with Gasteiger partial charge in [-0.3, -0.25) is 14.9 Å². The molecule has 1 unspecified atom stereocenters. The standard InChI is InChI=1S/C13H14ClNO3/c14-12-8-11(15(17)18)6-5-9(12)7-10-3-1-2-4-13(10)16/h5-6,8,10H,1-4,7H2. The maximum Gasteiger partial charge on any atom is 0.270 e. The number of nitro benzene ring substituents is 1. The molecule has 1 aromatic carbocycles. The fourth-order valence-corrected chi connectivity index (χ4v) is 2.60. The second-order valence-corrected chi connectivity index (χ2v) is 5.05. The number of carbonyl (C=O) groups excluding carboxylic acids is 1. The third-order valence-electron chi connectivity index (χ3n) is 3.39. The fourth-order valence-electron chi connectivity index (χ4n) is 2.35. The molecule has 0 spiro atoms. The van der Waals surface area contributed by atoms with E-state index in [1.807, 2.05) is 0 Å². The fraction of sp³-hybridized carbons (Fsp3) is 0.462. The van der Waals surface area contributed by atoms with Crippen LogP contribution in [0.1, 0.15) is 31.2 Å². The molecule has 1 atom stereocenters. The summed E-state index contributed by atoms with van der Waals surface area (Å²) in [5.41, 5.74) is 0.807. The van der Waals surface area contributed by atoms with E-state index in [1.54, 1.807) is 6.07 Å². The van der Waals surface area contributed by atoms with E-state index in [0.29, 0.717) is 17.9 Å². The molecule has 1 aromatic rings. The van der Waals surface area contributed by atoms with Gasteiger partial charge in [0.25, 0.3) is 5.69 Å². The highest BCUT2D eigenvalue weighted by Crippen LogP contribution is 2.29.